The standard InChI is InChI=1S/C30H37N3O5S/c1-5-19-31-30(35)27(20-24-11-7-6-8-12-24)32(21-25-17-15-23(2)16-18-25)29(34)22-33(39(4,36)37)26-13-9-10-14-28(26)38-3/h6-18,27H,5,19-22H2,1-4H3,(H,31,35)/t27-/m0/s1. The highest BCUT2D eigenvalue weighted by atomic mass is 32.2. The smallest absolute Gasteiger partial charge is 0.244 e. The van der Waals surface area contributed by atoms with E-state index in [2.05, 4.69) is 5.32 Å². The van der Waals surface area contributed by atoms with Crippen LogP contribution < -0.4 is 14.4 Å². The van der Waals surface area contributed by atoms with Crippen molar-refractivity contribution in [2.24, 2.45) is 0 Å². The summed E-state index contributed by atoms with van der Waals surface area (Å²) >= 11 is 0. The summed E-state index contributed by atoms with van der Waals surface area (Å²) in [6.45, 7) is 4.05. The van der Waals surface area contributed by atoms with Gasteiger partial charge in [-0.05, 0) is 36.6 Å². The second kappa shape index (κ2) is 13.8. The molecule has 0 saturated carbocycles. The van der Waals surface area contributed by atoms with Crippen molar-refractivity contribution in [3.05, 3.63) is 95.6 Å². The number of hydrogen-bond donors (Lipinski definition) is 1. The van der Waals surface area contributed by atoms with Crippen molar-refractivity contribution in [3.8, 4) is 5.75 Å². The average Bonchev–Trinajstić information content (AvgIpc) is 2.93. The van der Waals surface area contributed by atoms with E-state index < -0.39 is 28.5 Å². The largest absolute Gasteiger partial charge is 0.495 e. The molecule has 0 aromatic heterocycles. The fraction of sp³-hybridized carbons (Fsp3) is 0.333. The maximum atomic E-state index is 14.1. The zero-order valence-electron chi connectivity index (χ0n) is 23.0. The maximum absolute atomic E-state index is 14.1. The van der Waals surface area contributed by atoms with E-state index in [4.69, 9.17) is 4.74 Å². The van der Waals surface area contributed by atoms with Crippen molar-refractivity contribution >= 4 is 27.5 Å². The summed E-state index contributed by atoms with van der Waals surface area (Å²) in [6, 6.07) is 23.0. The summed E-state index contributed by atoms with van der Waals surface area (Å²) in [5, 5.41) is 2.93. The molecule has 2 amide bonds. The quantitative estimate of drug-likeness (QED) is 0.347. The van der Waals surface area contributed by atoms with Crippen molar-refractivity contribution in [3.63, 3.8) is 0 Å². The molecule has 0 spiro atoms. The van der Waals surface area contributed by atoms with E-state index in [-0.39, 0.29) is 24.6 Å². The highest BCUT2D eigenvalue weighted by Gasteiger charge is 2.33. The summed E-state index contributed by atoms with van der Waals surface area (Å²) in [6.07, 6.45) is 2.07. The van der Waals surface area contributed by atoms with Gasteiger partial charge in [0.05, 0.1) is 19.1 Å². The van der Waals surface area contributed by atoms with Gasteiger partial charge >= 0.3 is 0 Å². The van der Waals surface area contributed by atoms with Crippen molar-refractivity contribution < 1.29 is 22.7 Å². The number of anilines is 1. The number of ether oxygens (including phenoxy) is 1. The fourth-order valence-electron chi connectivity index (χ4n) is 4.24. The topological polar surface area (TPSA) is 96.0 Å². The molecule has 0 heterocycles. The molecule has 0 aliphatic heterocycles. The molecule has 8 nitrogen and oxygen atoms in total. The molecule has 3 rings (SSSR count). The molecule has 0 fully saturated rings. The normalized spacial score (nSPS) is 11.9. The lowest BCUT2D eigenvalue weighted by Gasteiger charge is -2.33. The average molecular weight is 552 g/mol. The number of hydrogen-bond acceptors (Lipinski definition) is 5. The molecule has 0 radical (unpaired) electrons. The molecular formula is C30H37N3O5S. The molecule has 208 valence electrons. The number of carbonyl (C=O) groups excluding carboxylic acids is 2. The Hall–Kier alpha value is -3.85. The Labute approximate surface area is 231 Å². The van der Waals surface area contributed by atoms with Crippen LogP contribution in [-0.2, 0) is 32.6 Å². The Kier molecular flexibility index (Phi) is 10.5. The first-order valence-corrected chi connectivity index (χ1v) is 14.8. The van der Waals surface area contributed by atoms with E-state index in [1.165, 1.54) is 12.0 Å². The second-order valence-electron chi connectivity index (χ2n) is 9.45. The molecule has 0 aliphatic carbocycles. The number of nitrogens with zero attached hydrogens (tertiary/aromatic N) is 2. The number of sulfonamides is 1. The molecule has 1 atom stereocenters. The van der Waals surface area contributed by atoms with Gasteiger partial charge in [0.15, 0.2) is 0 Å². The molecule has 0 saturated heterocycles. The Morgan fingerprint density at radius 1 is 0.923 bits per heavy atom. The van der Waals surface area contributed by atoms with Crippen LogP contribution in [0.3, 0.4) is 0 Å². The van der Waals surface area contributed by atoms with Crippen molar-refractivity contribution in [1.29, 1.82) is 0 Å². The van der Waals surface area contributed by atoms with Gasteiger partial charge < -0.3 is 15.0 Å². The van der Waals surface area contributed by atoms with Crippen LogP contribution in [0.1, 0.15) is 30.0 Å². The minimum absolute atomic E-state index is 0.139. The predicted molar refractivity (Wildman–Crippen MR) is 154 cm³/mol. The van der Waals surface area contributed by atoms with Crippen LogP contribution in [0.4, 0.5) is 5.69 Å². The van der Waals surface area contributed by atoms with Gasteiger partial charge in [0.2, 0.25) is 21.8 Å². The number of nitrogens with one attached hydrogen (secondary N) is 1. The Morgan fingerprint density at radius 3 is 2.18 bits per heavy atom. The van der Waals surface area contributed by atoms with Gasteiger partial charge in [0.1, 0.15) is 18.3 Å². The highest BCUT2D eigenvalue weighted by Crippen LogP contribution is 2.30. The summed E-state index contributed by atoms with van der Waals surface area (Å²) in [5.41, 5.74) is 3.04. The minimum Gasteiger partial charge on any atom is -0.495 e. The van der Waals surface area contributed by atoms with E-state index >= 15 is 0 Å². The Bertz CT molecular complexity index is 1340. The van der Waals surface area contributed by atoms with E-state index in [1.54, 1.807) is 24.3 Å². The molecule has 9 heteroatoms. The molecule has 0 bridgehead atoms. The van der Waals surface area contributed by atoms with Crippen LogP contribution in [0.5, 0.6) is 5.75 Å². The van der Waals surface area contributed by atoms with Crippen LogP contribution in [-0.4, -0.2) is 57.6 Å². The summed E-state index contributed by atoms with van der Waals surface area (Å²) in [5.74, 6) is -0.466. The highest BCUT2D eigenvalue weighted by molar-refractivity contribution is 7.92. The SMILES string of the molecule is CCCNC(=O)[C@H](Cc1ccccc1)N(Cc1ccc(C)cc1)C(=O)CN(c1ccccc1OC)S(C)(=O)=O. The van der Waals surface area contributed by atoms with Gasteiger partial charge in [-0.3, -0.25) is 13.9 Å². The number of benzene rings is 3. The second-order valence-corrected chi connectivity index (χ2v) is 11.4. The van der Waals surface area contributed by atoms with E-state index in [0.29, 0.717) is 12.3 Å². The summed E-state index contributed by atoms with van der Waals surface area (Å²) in [4.78, 5) is 29.0. The third-order valence-electron chi connectivity index (χ3n) is 6.33. The first kappa shape index (κ1) is 29.7. The fourth-order valence-corrected chi connectivity index (χ4v) is 5.09. The van der Waals surface area contributed by atoms with Crippen molar-refractivity contribution in [2.75, 3.05) is 30.8 Å². The van der Waals surface area contributed by atoms with Crippen LogP contribution in [0.15, 0.2) is 78.9 Å². The molecule has 39 heavy (non-hydrogen) atoms. The maximum Gasteiger partial charge on any atom is 0.244 e. The molecular weight excluding hydrogens is 514 g/mol. The molecule has 1 N–H and O–H groups in total. The van der Waals surface area contributed by atoms with Crippen LogP contribution in [0.25, 0.3) is 0 Å². The number of para-hydroxylation sites is 2. The minimum atomic E-state index is -3.87. The lowest BCUT2D eigenvalue weighted by Crippen LogP contribution is -2.53. The molecule has 0 unspecified atom stereocenters. The van der Waals surface area contributed by atoms with Gasteiger partial charge in [-0.1, -0.05) is 79.2 Å². The van der Waals surface area contributed by atoms with Gasteiger partial charge in [0, 0.05) is 19.5 Å². The molecule has 3 aromatic carbocycles. The zero-order valence-corrected chi connectivity index (χ0v) is 23.8. The Morgan fingerprint density at radius 2 is 1.56 bits per heavy atom. The third kappa shape index (κ3) is 8.32. The lowest BCUT2D eigenvalue weighted by atomic mass is 10.0. The van der Waals surface area contributed by atoms with E-state index in [1.807, 2.05) is 68.4 Å². The van der Waals surface area contributed by atoms with Crippen LogP contribution >= 0.6 is 0 Å². The van der Waals surface area contributed by atoms with Gasteiger partial charge in [-0.15, -0.1) is 0 Å². The molecule has 3 aromatic rings. The lowest BCUT2D eigenvalue weighted by molar-refractivity contribution is -0.140. The zero-order chi connectivity index (χ0) is 28.4. The summed E-state index contributed by atoms with van der Waals surface area (Å²) < 4.78 is 32.2. The van der Waals surface area contributed by atoms with Crippen molar-refractivity contribution in [2.45, 2.75) is 39.3 Å². The summed E-state index contributed by atoms with van der Waals surface area (Å²) in [7, 11) is -2.43. The van der Waals surface area contributed by atoms with Crippen LogP contribution in [0, 0.1) is 6.92 Å². The predicted octanol–water partition coefficient (Wildman–Crippen LogP) is 3.94. The van der Waals surface area contributed by atoms with Gasteiger partial charge in [-0.25, -0.2) is 8.42 Å². The third-order valence-corrected chi connectivity index (χ3v) is 7.45. The number of carbonyl (C=O) groups is 2. The number of aryl methyl sites for hydroxylation is 1. The monoisotopic (exact) mass is 551 g/mol. The van der Waals surface area contributed by atoms with E-state index in [9.17, 15) is 18.0 Å². The number of amides is 2. The van der Waals surface area contributed by atoms with Crippen molar-refractivity contribution in [1.82, 2.24) is 10.2 Å². The number of rotatable bonds is 13. The van der Waals surface area contributed by atoms with Crippen LogP contribution in [0.2, 0.25) is 0 Å². The van der Waals surface area contributed by atoms with E-state index in [0.717, 1.165) is 33.7 Å². The first-order chi connectivity index (χ1) is 18.6. The Balaban J connectivity index is 2.05. The molecule has 0 aliphatic rings. The van der Waals surface area contributed by atoms with Gasteiger partial charge in [0.25, 0.3) is 0 Å². The first-order valence-electron chi connectivity index (χ1n) is 12.9. The number of methoxy groups -OCH3 is 1. The van der Waals surface area contributed by atoms with Gasteiger partial charge in [-0.2, -0.15) is 0 Å².